The number of hydrogen-bond donors (Lipinski definition) is 0. The second-order valence-corrected chi connectivity index (χ2v) is 1.51. The molecule has 0 rings (SSSR count). The van der Waals surface area contributed by atoms with E-state index in [1.165, 1.54) is 0 Å². The highest BCUT2D eigenvalue weighted by atomic mass is 13.7. The van der Waals surface area contributed by atoms with Gasteiger partial charge in [-0.1, -0.05) is 13.0 Å². The van der Waals surface area contributed by atoms with Crippen molar-refractivity contribution in [2.24, 2.45) is 0 Å². The fraction of sp³-hybridized carbons (Fsp3) is 0.375. The first-order valence-corrected chi connectivity index (χ1v) is 2.92. The summed E-state index contributed by atoms with van der Waals surface area (Å²) in [5.74, 6) is 0. The first-order valence-electron chi connectivity index (χ1n) is 2.92. The third kappa shape index (κ3) is 5.26. The van der Waals surface area contributed by atoms with E-state index in [2.05, 4.69) is 19.2 Å². The summed E-state index contributed by atoms with van der Waals surface area (Å²) in [7, 11) is 0. The van der Waals surface area contributed by atoms with E-state index in [-0.39, 0.29) is 0 Å². The molecule has 0 aliphatic rings. The quantitative estimate of drug-likeness (QED) is 0.385. The largest absolute Gasteiger partial charge is 0.129 e. The first kappa shape index (κ1) is 7.26. The van der Waals surface area contributed by atoms with Crippen LogP contribution in [0.5, 0.6) is 0 Å². The molecular formula is C8H12. The Hall–Kier alpha value is -0.740. The average molecular weight is 108 g/mol. The van der Waals surface area contributed by atoms with E-state index < -0.39 is 0 Å². The highest BCUT2D eigenvalue weighted by molar-refractivity contribution is 4.88. The maximum atomic E-state index is 3.57. The smallest absolute Gasteiger partial charge is 0.00957 e. The molecule has 0 aromatic rings. The van der Waals surface area contributed by atoms with E-state index in [9.17, 15) is 0 Å². The van der Waals surface area contributed by atoms with Crippen LogP contribution < -0.4 is 0 Å². The molecule has 0 fully saturated rings. The average Bonchev–Trinajstić information content (AvgIpc) is 1.81. The molecule has 0 heteroatoms. The predicted molar refractivity (Wildman–Crippen MR) is 37.8 cm³/mol. The van der Waals surface area contributed by atoms with E-state index in [1.807, 2.05) is 18.2 Å². The molecule has 0 unspecified atom stereocenters. The van der Waals surface area contributed by atoms with Gasteiger partial charge < -0.3 is 0 Å². The van der Waals surface area contributed by atoms with Gasteiger partial charge in [0.05, 0.1) is 0 Å². The fourth-order valence-corrected chi connectivity index (χ4v) is 0.353. The van der Waals surface area contributed by atoms with Crippen molar-refractivity contribution in [1.82, 2.24) is 0 Å². The topological polar surface area (TPSA) is 0 Å². The second-order valence-electron chi connectivity index (χ2n) is 1.51. The molecule has 0 aliphatic carbocycles. The lowest BCUT2D eigenvalue weighted by Gasteiger charge is -1.70. The van der Waals surface area contributed by atoms with E-state index in [1.54, 1.807) is 0 Å². The zero-order valence-corrected chi connectivity index (χ0v) is 5.35. The molecular weight excluding hydrogens is 96.1 g/mol. The van der Waals surface area contributed by atoms with E-state index in [0.29, 0.717) is 0 Å². The minimum absolute atomic E-state index is 0.927. The summed E-state index contributed by atoms with van der Waals surface area (Å²) in [6, 6.07) is 0. The van der Waals surface area contributed by atoms with E-state index in [4.69, 9.17) is 0 Å². The van der Waals surface area contributed by atoms with Crippen molar-refractivity contribution in [3.63, 3.8) is 0 Å². The number of hydrogen-bond acceptors (Lipinski definition) is 0. The van der Waals surface area contributed by atoms with Gasteiger partial charge in [-0.05, 0) is 25.0 Å². The Morgan fingerprint density at radius 3 is 2.75 bits per heavy atom. The van der Waals surface area contributed by atoms with Crippen LogP contribution in [0.2, 0.25) is 0 Å². The van der Waals surface area contributed by atoms with Crippen LogP contribution in [0.4, 0.5) is 0 Å². The van der Waals surface area contributed by atoms with Gasteiger partial charge in [-0.3, -0.25) is 0 Å². The Morgan fingerprint density at radius 1 is 1.50 bits per heavy atom. The number of rotatable bonds is 3. The molecule has 8 heavy (non-hydrogen) atoms. The molecule has 0 aromatic heterocycles. The van der Waals surface area contributed by atoms with Gasteiger partial charge in [-0.2, -0.15) is 0 Å². The minimum Gasteiger partial charge on any atom is -0.129 e. The Morgan fingerprint density at radius 2 is 2.25 bits per heavy atom. The SMILES string of the molecule is C=CCC=C=CCC. The van der Waals surface area contributed by atoms with Crippen molar-refractivity contribution in [3.05, 3.63) is 30.5 Å². The highest BCUT2D eigenvalue weighted by Crippen LogP contribution is 1.80. The van der Waals surface area contributed by atoms with Gasteiger partial charge in [0, 0.05) is 0 Å². The summed E-state index contributed by atoms with van der Waals surface area (Å²) in [5.41, 5.74) is 3.01. The van der Waals surface area contributed by atoms with E-state index in [0.717, 1.165) is 12.8 Å². The minimum atomic E-state index is 0.927. The molecule has 0 aliphatic heterocycles. The monoisotopic (exact) mass is 108 g/mol. The molecule has 44 valence electrons. The maximum Gasteiger partial charge on any atom is -0.00957 e. The summed E-state index contributed by atoms with van der Waals surface area (Å²) in [6.07, 6.45) is 7.82. The summed E-state index contributed by atoms with van der Waals surface area (Å²) in [6.45, 7) is 5.67. The van der Waals surface area contributed by atoms with Crippen molar-refractivity contribution >= 4 is 0 Å². The Balaban J connectivity index is 3.31. The van der Waals surface area contributed by atoms with E-state index >= 15 is 0 Å². The number of allylic oxidation sites excluding steroid dienone is 2. The lowest BCUT2D eigenvalue weighted by molar-refractivity contribution is 1.22. The first-order chi connectivity index (χ1) is 3.91. The van der Waals surface area contributed by atoms with Crippen LogP contribution in [0.3, 0.4) is 0 Å². The molecule has 0 heterocycles. The lowest BCUT2D eigenvalue weighted by atomic mass is 10.4. The van der Waals surface area contributed by atoms with Gasteiger partial charge in [-0.25, -0.2) is 0 Å². The van der Waals surface area contributed by atoms with Gasteiger partial charge in [0.25, 0.3) is 0 Å². The predicted octanol–water partition coefficient (Wildman–Crippen LogP) is 2.68. The Bertz CT molecular complexity index is 103. The summed E-state index contributed by atoms with van der Waals surface area (Å²) in [5, 5.41) is 0. The van der Waals surface area contributed by atoms with Gasteiger partial charge >= 0.3 is 0 Å². The van der Waals surface area contributed by atoms with Crippen LogP contribution in [0.25, 0.3) is 0 Å². The van der Waals surface area contributed by atoms with Crippen molar-refractivity contribution in [2.45, 2.75) is 19.8 Å². The Labute approximate surface area is 51.2 Å². The normalized spacial score (nSPS) is 7.12. The summed E-state index contributed by atoms with van der Waals surface area (Å²) in [4.78, 5) is 0. The van der Waals surface area contributed by atoms with Crippen LogP contribution in [0.1, 0.15) is 19.8 Å². The highest BCUT2D eigenvalue weighted by Gasteiger charge is 1.60. The molecule has 0 bridgehead atoms. The lowest BCUT2D eigenvalue weighted by Crippen LogP contribution is -1.50. The molecule has 0 nitrogen and oxygen atoms in total. The van der Waals surface area contributed by atoms with Gasteiger partial charge in [0.1, 0.15) is 0 Å². The molecule has 0 saturated heterocycles. The third-order valence-corrected chi connectivity index (χ3v) is 0.724. The molecule has 0 atom stereocenters. The summed E-state index contributed by atoms with van der Waals surface area (Å²) < 4.78 is 0. The molecule has 0 N–H and O–H groups in total. The second kappa shape index (κ2) is 6.26. The Kier molecular flexibility index (Phi) is 5.68. The van der Waals surface area contributed by atoms with Crippen molar-refractivity contribution in [2.75, 3.05) is 0 Å². The molecule has 0 amide bonds. The maximum absolute atomic E-state index is 3.57. The molecule has 0 saturated carbocycles. The molecule has 0 spiro atoms. The summed E-state index contributed by atoms with van der Waals surface area (Å²) >= 11 is 0. The van der Waals surface area contributed by atoms with Crippen LogP contribution in [0.15, 0.2) is 30.5 Å². The van der Waals surface area contributed by atoms with Crippen LogP contribution >= 0.6 is 0 Å². The zero-order valence-electron chi connectivity index (χ0n) is 5.35. The van der Waals surface area contributed by atoms with Crippen molar-refractivity contribution < 1.29 is 0 Å². The third-order valence-electron chi connectivity index (χ3n) is 0.724. The fourth-order valence-electron chi connectivity index (χ4n) is 0.353. The van der Waals surface area contributed by atoms with Crippen LogP contribution in [0, 0.1) is 0 Å². The van der Waals surface area contributed by atoms with Crippen LogP contribution in [-0.4, -0.2) is 0 Å². The van der Waals surface area contributed by atoms with Crippen molar-refractivity contribution in [3.8, 4) is 0 Å². The van der Waals surface area contributed by atoms with Gasteiger partial charge in [-0.15, -0.1) is 12.3 Å². The van der Waals surface area contributed by atoms with Crippen molar-refractivity contribution in [1.29, 1.82) is 0 Å². The van der Waals surface area contributed by atoms with Gasteiger partial charge in [0.2, 0.25) is 0 Å². The molecule has 0 aromatic carbocycles. The van der Waals surface area contributed by atoms with Crippen LogP contribution in [-0.2, 0) is 0 Å². The molecule has 0 radical (unpaired) electrons. The zero-order chi connectivity index (χ0) is 6.24. The van der Waals surface area contributed by atoms with Gasteiger partial charge in [0.15, 0.2) is 0 Å². The standard InChI is InChI=1S/C8H12/c1-3-5-7-8-6-4-2/h3,6-7H,1,4-5H2,2H3.